The highest BCUT2D eigenvalue weighted by Gasteiger charge is 2.16. The van der Waals surface area contributed by atoms with Gasteiger partial charge in [0, 0.05) is 30.5 Å². The molecule has 0 aliphatic carbocycles. The topological polar surface area (TPSA) is 122 Å². The summed E-state index contributed by atoms with van der Waals surface area (Å²) in [5, 5.41) is 6.31. The van der Waals surface area contributed by atoms with Gasteiger partial charge < -0.3 is 15.4 Å². The van der Waals surface area contributed by atoms with Gasteiger partial charge in [0.25, 0.3) is 0 Å². The molecule has 0 spiro atoms. The number of ether oxygens (including phenoxy) is 1. The largest absolute Gasteiger partial charge is 0.465 e. The van der Waals surface area contributed by atoms with Crippen LogP contribution in [-0.2, 0) is 14.8 Å². The number of carbonyl (C=O) groups excluding carboxylic acids is 1. The van der Waals surface area contributed by atoms with Gasteiger partial charge >= 0.3 is 5.97 Å². The lowest BCUT2D eigenvalue weighted by atomic mass is 10.1. The molecule has 0 saturated heterocycles. The average Bonchev–Trinajstić information content (AvgIpc) is 2.79. The molecule has 31 heavy (non-hydrogen) atoms. The molecule has 1 aromatic heterocycles. The number of nitrogens with one attached hydrogen (secondary N) is 3. The first-order valence-electron chi connectivity index (χ1n) is 9.63. The Morgan fingerprint density at radius 1 is 1.10 bits per heavy atom. The van der Waals surface area contributed by atoms with Crippen LogP contribution in [0.3, 0.4) is 0 Å². The Morgan fingerprint density at radius 3 is 2.68 bits per heavy atom. The summed E-state index contributed by atoms with van der Waals surface area (Å²) < 4.78 is 32.3. The molecule has 3 aromatic rings. The normalized spacial score (nSPS) is 15.3. The summed E-state index contributed by atoms with van der Waals surface area (Å²) in [5.74, 6) is 0.525. The van der Waals surface area contributed by atoms with E-state index in [4.69, 9.17) is 4.74 Å². The number of sulfonamides is 1. The van der Waals surface area contributed by atoms with Crippen molar-refractivity contribution in [2.24, 2.45) is 0 Å². The van der Waals surface area contributed by atoms with E-state index in [-0.39, 0.29) is 11.4 Å². The van der Waals surface area contributed by atoms with Gasteiger partial charge in [-0.25, -0.2) is 22.9 Å². The lowest BCUT2D eigenvalue weighted by Crippen LogP contribution is -2.26. The summed E-state index contributed by atoms with van der Waals surface area (Å²) >= 11 is 0. The first kappa shape index (κ1) is 20.8. The Balaban J connectivity index is 1.70. The standard InChI is InChI=1S/C21H21N5O4S/c1-30-20(27)15-8-6-14(7-9-15)18-13-23-21-25-16-4-2-5-17(12-16)31(28,29)24-11-3-10-22-19(18)26-21/h2,4-9,12-13,24H,3,10-11H2,1H3,(H2,22,23,25,26). The fraction of sp³-hybridized carbons (Fsp3) is 0.190. The van der Waals surface area contributed by atoms with Crippen LogP contribution in [0.25, 0.3) is 11.1 Å². The molecule has 0 atom stereocenters. The molecule has 160 valence electrons. The van der Waals surface area contributed by atoms with Gasteiger partial charge in [-0.2, -0.15) is 4.98 Å². The SMILES string of the molecule is COC(=O)c1ccc(-c2cnc3nc2NCCCNS(=O)(=O)c2cccc(c2)N3)cc1. The van der Waals surface area contributed by atoms with Crippen molar-refractivity contribution in [3.05, 3.63) is 60.3 Å². The van der Waals surface area contributed by atoms with Crippen LogP contribution in [0.2, 0.25) is 0 Å². The molecule has 2 aromatic carbocycles. The van der Waals surface area contributed by atoms with E-state index in [2.05, 4.69) is 25.3 Å². The number of carbonyl (C=O) groups is 1. The minimum Gasteiger partial charge on any atom is -0.465 e. The molecule has 1 aliphatic rings. The third-order valence-electron chi connectivity index (χ3n) is 4.74. The molecule has 9 nitrogen and oxygen atoms in total. The maximum Gasteiger partial charge on any atom is 0.337 e. The van der Waals surface area contributed by atoms with Crippen molar-refractivity contribution in [1.29, 1.82) is 0 Å². The number of hydrogen-bond acceptors (Lipinski definition) is 8. The number of hydrogen-bond donors (Lipinski definition) is 3. The van der Waals surface area contributed by atoms with Crippen molar-refractivity contribution < 1.29 is 17.9 Å². The van der Waals surface area contributed by atoms with Crippen LogP contribution in [0.4, 0.5) is 17.5 Å². The molecular formula is C21H21N5O4S. The number of benzene rings is 2. The van der Waals surface area contributed by atoms with Crippen molar-refractivity contribution in [2.75, 3.05) is 30.8 Å². The molecular weight excluding hydrogens is 418 g/mol. The number of anilines is 3. The minimum atomic E-state index is -3.60. The second-order valence-corrected chi connectivity index (χ2v) is 8.62. The number of methoxy groups -OCH3 is 1. The Morgan fingerprint density at radius 2 is 1.90 bits per heavy atom. The van der Waals surface area contributed by atoms with Crippen LogP contribution >= 0.6 is 0 Å². The van der Waals surface area contributed by atoms with Crippen LogP contribution in [0.5, 0.6) is 0 Å². The molecule has 3 N–H and O–H groups in total. The summed E-state index contributed by atoms with van der Waals surface area (Å²) in [7, 11) is -2.26. The van der Waals surface area contributed by atoms with Crippen molar-refractivity contribution in [1.82, 2.24) is 14.7 Å². The summed E-state index contributed by atoms with van der Waals surface area (Å²) in [4.78, 5) is 20.8. The van der Waals surface area contributed by atoms with Gasteiger partial charge in [-0.3, -0.25) is 0 Å². The Kier molecular flexibility index (Phi) is 5.83. The monoisotopic (exact) mass is 439 g/mol. The third-order valence-corrected chi connectivity index (χ3v) is 6.20. The van der Waals surface area contributed by atoms with Gasteiger partial charge in [0.15, 0.2) is 0 Å². The van der Waals surface area contributed by atoms with Crippen molar-refractivity contribution in [3.63, 3.8) is 0 Å². The van der Waals surface area contributed by atoms with Gasteiger partial charge in [0.05, 0.1) is 17.6 Å². The van der Waals surface area contributed by atoms with E-state index >= 15 is 0 Å². The van der Waals surface area contributed by atoms with Crippen LogP contribution in [-0.4, -0.2) is 44.6 Å². The van der Waals surface area contributed by atoms with Gasteiger partial charge in [0.2, 0.25) is 16.0 Å². The fourth-order valence-electron chi connectivity index (χ4n) is 3.15. The average molecular weight is 439 g/mol. The number of aromatic nitrogens is 2. The fourth-order valence-corrected chi connectivity index (χ4v) is 4.27. The lowest BCUT2D eigenvalue weighted by molar-refractivity contribution is 0.0600. The summed E-state index contributed by atoms with van der Waals surface area (Å²) in [6.45, 7) is 0.790. The Labute approximate surface area is 179 Å². The molecule has 4 rings (SSSR count). The van der Waals surface area contributed by atoms with Crippen LogP contribution in [0.15, 0.2) is 59.6 Å². The first-order valence-corrected chi connectivity index (χ1v) is 11.1. The number of nitrogens with zero attached hydrogens (tertiary/aromatic N) is 2. The van der Waals surface area contributed by atoms with E-state index in [1.54, 1.807) is 48.7 Å². The maximum absolute atomic E-state index is 12.5. The maximum atomic E-state index is 12.5. The lowest BCUT2D eigenvalue weighted by Gasteiger charge is -2.13. The predicted octanol–water partition coefficient (Wildman–Crippen LogP) is 2.77. The molecule has 0 unspecified atom stereocenters. The smallest absolute Gasteiger partial charge is 0.337 e. The molecule has 0 fully saturated rings. The zero-order chi connectivity index (χ0) is 21.8. The highest BCUT2D eigenvalue weighted by atomic mass is 32.2. The zero-order valence-electron chi connectivity index (χ0n) is 16.8. The van der Waals surface area contributed by atoms with Crippen molar-refractivity contribution in [3.8, 4) is 11.1 Å². The predicted molar refractivity (Wildman–Crippen MR) is 117 cm³/mol. The zero-order valence-corrected chi connectivity index (χ0v) is 17.6. The number of esters is 1. The first-order chi connectivity index (χ1) is 15.0. The summed E-state index contributed by atoms with van der Waals surface area (Å²) in [6, 6.07) is 13.4. The molecule has 0 amide bonds. The Hall–Kier alpha value is -3.50. The van der Waals surface area contributed by atoms with E-state index in [1.165, 1.54) is 13.2 Å². The van der Waals surface area contributed by atoms with E-state index in [9.17, 15) is 13.2 Å². The molecule has 10 heteroatoms. The molecule has 4 bridgehead atoms. The second-order valence-electron chi connectivity index (χ2n) is 6.86. The van der Waals surface area contributed by atoms with E-state index < -0.39 is 16.0 Å². The van der Waals surface area contributed by atoms with Gasteiger partial charge in [-0.05, 0) is 42.3 Å². The van der Waals surface area contributed by atoms with Gasteiger partial charge in [0.1, 0.15) is 5.82 Å². The van der Waals surface area contributed by atoms with Crippen LogP contribution in [0, 0.1) is 0 Å². The van der Waals surface area contributed by atoms with Crippen LogP contribution in [0.1, 0.15) is 16.8 Å². The third kappa shape index (κ3) is 4.65. The summed E-state index contributed by atoms with van der Waals surface area (Å²) in [6.07, 6.45) is 2.25. The minimum absolute atomic E-state index is 0.173. The van der Waals surface area contributed by atoms with Gasteiger partial charge in [-0.15, -0.1) is 0 Å². The Bertz CT molecular complexity index is 1210. The quantitative estimate of drug-likeness (QED) is 0.521. The highest BCUT2D eigenvalue weighted by molar-refractivity contribution is 7.89. The number of fused-ring (bicyclic) bond motifs is 4. The van der Waals surface area contributed by atoms with E-state index in [1.807, 2.05) is 0 Å². The van der Waals surface area contributed by atoms with Crippen LogP contribution < -0.4 is 15.4 Å². The molecule has 0 radical (unpaired) electrons. The highest BCUT2D eigenvalue weighted by Crippen LogP contribution is 2.28. The van der Waals surface area contributed by atoms with E-state index in [0.717, 1.165) is 11.1 Å². The van der Waals surface area contributed by atoms with Gasteiger partial charge in [-0.1, -0.05) is 18.2 Å². The van der Waals surface area contributed by atoms with E-state index in [0.29, 0.717) is 36.0 Å². The van der Waals surface area contributed by atoms with Crippen molar-refractivity contribution in [2.45, 2.75) is 11.3 Å². The molecule has 1 aliphatic heterocycles. The van der Waals surface area contributed by atoms with Crippen molar-refractivity contribution >= 4 is 33.4 Å². The molecule has 2 heterocycles. The molecule has 0 saturated carbocycles. The second kappa shape index (κ2) is 8.70. The summed E-state index contributed by atoms with van der Waals surface area (Å²) in [5.41, 5.74) is 2.59. The number of rotatable bonds is 2.